The molecule has 4 rings (SSSR count). The van der Waals surface area contributed by atoms with Crippen LogP contribution in [0.1, 0.15) is 65.0 Å². The second-order valence-electron chi connectivity index (χ2n) is 12.5. The molecule has 2 aromatic carbocycles. The first kappa shape index (κ1) is 28.6. The number of aromatic nitrogens is 1. The van der Waals surface area contributed by atoms with E-state index in [0.717, 1.165) is 34.9 Å². The Balaban J connectivity index is 1.77. The van der Waals surface area contributed by atoms with E-state index in [-0.39, 0.29) is 18.1 Å². The Morgan fingerprint density at radius 2 is 1.67 bits per heavy atom. The SMILES string of the molecule is CC(C)(C)C(=O)[C@@]1(Cc2ccccc2)CCCCN1C(=O)[C@@H](Cc1c[nH]c2ccccc12)NC(=O)C(C)(C)N. The summed E-state index contributed by atoms with van der Waals surface area (Å²) >= 11 is 0. The first-order valence-electron chi connectivity index (χ1n) is 13.9. The molecule has 0 bridgehead atoms. The molecule has 1 aromatic heterocycles. The van der Waals surface area contributed by atoms with Crippen LogP contribution in [0.4, 0.5) is 0 Å². The third-order valence-corrected chi connectivity index (χ3v) is 7.74. The number of nitrogens with one attached hydrogen (secondary N) is 2. The Kier molecular flexibility index (Phi) is 8.03. The number of fused-ring (bicyclic) bond motifs is 1. The van der Waals surface area contributed by atoms with Crippen LogP contribution >= 0.6 is 0 Å². The summed E-state index contributed by atoms with van der Waals surface area (Å²) in [5.41, 5.74) is 6.21. The number of carbonyl (C=O) groups excluding carboxylic acids is 3. The van der Waals surface area contributed by atoms with Gasteiger partial charge in [0.1, 0.15) is 11.6 Å². The molecule has 208 valence electrons. The largest absolute Gasteiger partial charge is 0.361 e. The molecule has 1 aliphatic heterocycles. The van der Waals surface area contributed by atoms with Crippen molar-refractivity contribution >= 4 is 28.5 Å². The van der Waals surface area contributed by atoms with Crippen molar-refractivity contribution in [1.29, 1.82) is 0 Å². The van der Waals surface area contributed by atoms with Gasteiger partial charge in [-0.2, -0.15) is 0 Å². The zero-order valence-electron chi connectivity index (χ0n) is 23.8. The maximum absolute atomic E-state index is 14.6. The zero-order chi connectivity index (χ0) is 28.4. The van der Waals surface area contributed by atoms with Crippen molar-refractivity contribution in [3.05, 3.63) is 71.9 Å². The number of benzene rings is 2. The van der Waals surface area contributed by atoms with E-state index in [9.17, 15) is 14.4 Å². The number of likely N-dealkylation sites (tertiary alicyclic amines) is 1. The summed E-state index contributed by atoms with van der Waals surface area (Å²) in [5.74, 6) is -0.608. The van der Waals surface area contributed by atoms with Gasteiger partial charge in [-0.3, -0.25) is 14.4 Å². The number of Topliss-reactive ketones (excluding diaryl/α,β-unsaturated/α-hetero) is 1. The number of amides is 2. The van der Waals surface area contributed by atoms with Crippen LogP contribution in [-0.2, 0) is 27.2 Å². The molecule has 39 heavy (non-hydrogen) atoms. The van der Waals surface area contributed by atoms with Gasteiger partial charge in [-0.1, -0.05) is 69.3 Å². The summed E-state index contributed by atoms with van der Waals surface area (Å²) < 4.78 is 0. The summed E-state index contributed by atoms with van der Waals surface area (Å²) in [7, 11) is 0. The molecule has 0 spiro atoms. The maximum Gasteiger partial charge on any atom is 0.246 e. The number of aromatic amines is 1. The number of para-hydroxylation sites is 1. The highest BCUT2D eigenvalue weighted by molar-refractivity contribution is 5.99. The smallest absolute Gasteiger partial charge is 0.246 e. The van der Waals surface area contributed by atoms with Crippen LogP contribution in [0.2, 0.25) is 0 Å². The lowest BCUT2D eigenvalue weighted by atomic mass is 9.69. The number of nitrogens with zero attached hydrogens (tertiary/aromatic N) is 1. The van der Waals surface area contributed by atoms with Gasteiger partial charge in [-0.25, -0.2) is 0 Å². The predicted molar refractivity (Wildman–Crippen MR) is 155 cm³/mol. The number of ketones is 1. The number of piperidine rings is 1. The number of hydrogen-bond acceptors (Lipinski definition) is 4. The lowest BCUT2D eigenvalue weighted by Gasteiger charge is -2.50. The summed E-state index contributed by atoms with van der Waals surface area (Å²) in [6, 6.07) is 16.9. The van der Waals surface area contributed by atoms with E-state index in [1.165, 1.54) is 0 Å². The Labute approximate surface area is 231 Å². The molecule has 0 radical (unpaired) electrons. The summed E-state index contributed by atoms with van der Waals surface area (Å²) in [5, 5.41) is 3.95. The van der Waals surface area contributed by atoms with Crippen LogP contribution in [-0.4, -0.2) is 51.1 Å². The lowest BCUT2D eigenvalue weighted by molar-refractivity contribution is -0.156. The van der Waals surface area contributed by atoms with E-state index < -0.39 is 28.4 Å². The quantitative estimate of drug-likeness (QED) is 0.397. The van der Waals surface area contributed by atoms with Crippen molar-refractivity contribution in [3.8, 4) is 0 Å². The third kappa shape index (κ3) is 6.09. The molecule has 1 aliphatic rings. The Hall–Kier alpha value is -3.45. The fourth-order valence-electron chi connectivity index (χ4n) is 5.74. The van der Waals surface area contributed by atoms with Crippen molar-refractivity contribution in [2.45, 2.75) is 83.8 Å². The topological polar surface area (TPSA) is 108 Å². The van der Waals surface area contributed by atoms with E-state index in [2.05, 4.69) is 10.3 Å². The molecule has 2 heterocycles. The minimum absolute atomic E-state index is 0.0447. The van der Waals surface area contributed by atoms with Gasteiger partial charge < -0.3 is 20.9 Å². The van der Waals surface area contributed by atoms with E-state index in [4.69, 9.17) is 5.73 Å². The van der Waals surface area contributed by atoms with Gasteiger partial charge in [0, 0.05) is 41.9 Å². The fourth-order valence-corrected chi connectivity index (χ4v) is 5.74. The second-order valence-corrected chi connectivity index (χ2v) is 12.5. The molecular weight excluding hydrogens is 488 g/mol. The molecule has 2 amide bonds. The van der Waals surface area contributed by atoms with Crippen molar-refractivity contribution in [3.63, 3.8) is 0 Å². The molecule has 3 aromatic rings. The number of H-pyrrole nitrogens is 1. The van der Waals surface area contributed by atoms with Gasteiger partial charge in [-0.15, -0.1) is 0 Å². The van der Waals surface area contributed by atoms with Crippen LogP contribution in [0, 0.1) is 5.41 Å². The lowest BCUT2D eigenvalue weighted by Crippen LogP contribution is -2.67. The van der Waals surface area contributed by atoms with Gasteiger partial charge in [0.25, 0.3) is 0 Å². The monoisotopic (exact) mass is 530 g/mol. The molecule has 0 aliphatic carbocycles. The number of nitrogens with two attached hydrogens (primary N) is 1. The minimum atomic E-state index is -1.16. The van der Waals surface area contributed by atoms with E-state index in [1.54, 1.807) is 18.7 Å². The third-order valence-electron chi connectivity index (χ3n) is 7.74. The van der Waals surface area contributed by atoms with E-state index >= 15 is 0 Å². The first-order chi connectivity index (χ1) is 18.3. The Morgan fingerprint density at radius 1 is 1.00 bits per heavy atom. The Bertz CT molecular complexity index is 1330. The molecule has 2 atom stereocenters. The second kappa shape index (κ2) is 11.0. The molecule has 0 saturated carbocycles. The van der Waals surface area contributed by atoms with Crippen LogP contribution in [0.5, 0.6) is 0 Å². The normalized spacial score (nSPS) is 19.1. The minimum Gasteiger partial charge on any atom is -0.361 e. The fraction of sp³-hybridized carbons (Fsp3) is 0.469. The van der Waals surface area contributed by atoms with Gasteiger partial charge in [0.05, 0.1) is 5.54 Å². The molecule has 1 saturated heterocycles. The van der Waals surface area contributed by atoms with Gasteiger partial charge >= 0.3 is 0 Å². The number of rotatable bonds is 8. The maximum atomic E-state index is 14.6. The van der Waals surface area contributed by atoms with Crippen LogP contribution < -0.4 is 11.1 Å². The van der Waals surface area contributed by atoms with Crippen molar-refractivity contribution in [2.75, 3.05) is 6.54 Å². The highest BCUT2D eigenvalue weighted by Gasteiger charge is 2.52. The molecule has 4 N–H and O–H groups in total. The Morgan fingerprint density at radius 3 is 2.33 bits per heavy atom. The average molecular weight is 531 g/mol. The van der Waals surface area contributed by atoms with Gasteiger partial charge in [0.15, 0.2) is 5.78 Å². The van der Waals surface area contributed by atoms with Crippen molar-refractivity contribution in [2.24, 2.45) is 11.1 Å². The molecule has 0 unspecified atom stereocenters. The first-order valence-corrected chi connectivity index (χ1v) is 13.9. The van der Waals surface area contributed by atoms with Crippen LogP contribution in [0.25, 0.3) is 10.9 Å². The van der Waals surface area contributed by atoms with Crippen LogP contribution in [0.15, 0.2) is 60.8 Å². The zero-order valence-corrected chi connectivity index (χ0v) is 23.8. The average Bonchev–Trinajstić information content (AvgIpc) is 3.30. The van der Waals surface area contributed by atoms with Crippen molar-refractivity contribution < 1.29 is 14.4 Å². The highest BCUT2D eigenvalue weighted by Crippen LogP contribution is 2.39. The standard InChI is InChI=1S/C32H42N4O3/c1-30(2,3)28(38)32(20-22-13-7-6-8-14-22)17-11-12-18-36(32)27(37)26(35-29(39)31(4,5)33)19-23-21-34-25-16-10-9-15-24(23)25/h6-10,13-16,21,26,34H,11-12,17-20,33H2,1-5H3,(H,35,39)/t26-,32+/m1/s1. The number of carbonyl (C=O) groups is 3. The van der Waals surface area contributed by atoms with E-state index in [0.29, 0.717) is 19.4 Å². The van der Waals surface area contributed by atoms with Gasteiger partial charge in [0.2, 0.25) is 11.8 Å². The summed E-state index contributed by atoms with van der Waals surface area (Å²) in [6.45, 7) is 9.46. The highest BCUT2D eigenvalue weighted by atomic mass is 16.2. The van der Waals surface area contributed by atoms with E-state index in [1.807, 2.05) is 81.6 Å². The predicted octanol–water partition coefficient (Wildman–Crippen LogP) is 4.54. The molecular formula is C32H42N4O3. The molecule has 1 fully saturated rings. The van der Waals surface area contributed by atoms with Crippen LogP contribution in [0.3, 0.4) is 0 Å². The summed E-state index contributed by atoms with van der Waals surface area (Å²) in [4.78, 5) is 47.0. The summed E-state index contributed by atoms with van der Waals surface area (Å²) in [6.07, 6.45) is 4.85. The number of hydrogen-bond donors (Lipinski definition) is 3. The molecule has 7 nitrogen and oxygen atoms in total. The molecule has 7 heteroatoms. The van der Waals surface area contributed by atoms with Gasteiger partial charge in [-0.05, 0) is 50.3 Å². The van der Waals surface area contributed by atoms with Crippen molar-refractivity contribution in [1.82, 2.24) is 15.2 Å².